The fourth-order valence-corrected chi connectivity index (χ4v) is 4.17. The molecule has 5 nitrogen and oxygen atoms in total. The van der Waals surface area contributed by atoms with Gasteiger partial charge in [0, 0.05) is 18.2 Å². The Morgan fingerprint density at radius 1 is 1.37 bits per heavy atom. The lowest BCUT2D eigenvalue weighted by Gasteiger charge is -2.30. The standard InChI is InChI=1S/C19H20F2N4OS/c1-11(20)9-19(2,16-13(21)6-4-8-23-16)10-24-18-25-14-7-3-5-12(17(22)26)15(14)27-18/h3-8,11H,9-10H2,1-2H3,(H2,22,26)(H,24,25)/t11-,19-/m0/s1. The van der Waals surface area contributed by atoms with Gasteiger partial charge in [0.2, 0.25) is 5.91 Å². The Balaban J connectivity index is 1.90. The van der Waals surface area contributed by atoms with Gasteiger partial charge >= 0.3 is 0 Å². The fourth-order valence-electron chi connectivity index (χ4n) is 3.19. The molecular formula is C19H20F2N4OS. The van der Waals surface area contributed by atoms with Gasteiger partial charge in [-0.05, 0) is 37.6 Å². The number of amides is 1. The maximum Gasteiger partial charge on any atom is 0.250 e. The molecule has 0 unspecified atom stereocenters. The summed E-state index contributed by atoms with van der Waals surface area (Å²) in [7, 11) is 0. The summed E-state index contributed by atoms with van der Waals surface area (Å²) in [6.45, 7) is 3.44. The van der Waals surface area contributed by atoms with Crippen molar-refractivity contribution >= 4 is 32.6 Å². The van der Waals surface area contributed by atoms with Crippen LogP contribution in [-0.4, -0.2) is 28.6 Å². The van der Waals surface area contributed by atoms with E-state index in [1.54, 1.807) is 25.1 Å². The van der Waals surface area contributed by atoms with Crippen LogP contribution in [0.2, 0.25) is 0 Å². The number of carbonyl (C=O) groups excluding carboxylic acids is 1. The first kappa shape index (κ1) is 19.2. The van der Waals surface area contributed by atoms with Crippen LogP contribution >= 0.6 is 11.3 Å². The van der Waals surface area contributed by atoms with Crippen LogP contribution in [0.15, 0.2) is 36.5 Å². The van der Waals surface area contributed by atoms with Crippen molar-refractivity contribution in [2.24, 2.45) is 5.73 Å². The number of benzene rings is 1. The third-order valence-corrected chi connectivity index (χ3v) is 5.43. The van der Waals surface area contributed by atoms with E-state index in [0.717, 1.165) is 0 Å². The van der Waals surface area contributed by atoms with Crippen LogP contribution in [0.4, 0.5) is 13.9 Å². The molecule has 8 heteroatoms. The molecule has 0 aliphatic rings. The zero-order valence-electron chi connectivity index (χ0n) is 15.0. The zero-order chi connectivity index (χ0) is 19.6. The average molecular weight is 390 g/mol. The Hall–Kier alpha value is -2.61. The number of halogens is 2. The van der Waals surface area contributed by atoms with E-state index >= 15 is 0 Å². The first-order valence-electron chi connectivity index (χ1n) is 8.48. The summed E-state index contributed by atoms with van der Waals surface area (Å²) in [5.74, 6) is -0.995. The van der Waals surface area contributed by atoms with Crippen molar-refractivity contribution in [3.63, 3.8) is 0 Å². The van der Waals surface area contributed by atoms with Crippen LogP contribution < -0.4 is 11.1 Å². The maximum atomic E-state index is 14.3. The van der Waals surface area contributed by atoms with Gasteiger partial charge in [-0.15, -0.1) is 0 Å². The van der Waals surface area contributed by atoms with Gasteiger partial charge in [-0.1, -0.05) is 24.3 Å². The Morgan fingerprint density at radius 3 is 2.81 bits per heavy atom. The topological polar surface area (TPSA) is 80.9 Å². The number of aromatic nitrogens is 2. The summed E-state index contributed by atoms with van der Waals surface area (Å²) in [6.07, 6.45) is 0.469. The Kier molecular flexibility index (Phi) is 5.36. The molecule has 0 saturated carbocycles. The second-order valence-corrected chi connectivity index (χ2v) is 7.77. The molecule has 3 N–H and O–H groups in total. The number of nitrogens with zero attached hydrogens (tertiary/aromatic N) is 2. The van der Waals surface area contributed by atoms with Gasteiger partial charge in [0.25, 0.3) is 0 Å². The number of nitrogens with two attached hydrogens (primary N) is 1. The van der Waals surface area contributed by atoms with Gasteiger partial charge in [0.1, 0.15) is 5.82 Å². The number of primary amides is 1. The maximum absolute atomic E-state index is 14.3. The second kappa shape index (κ2) is 7.56. The smallest absolute Gasteiger partial charge is 0.250 e. The first-order valence-corrected chi connectivity index (χ1v) is 9.30. The van der Waals surface area contributed by atoms with Crippen LogP contribution in [0, 0.1) is 5.82 Å². The van der Waals surface area contributed by atoms with Gasteiger partial charge in [0.15, 0.2) is 5.13 Å². The van der Waals surface area contributed by atoms with Crippen molar-refractivity contribution in [2.45, 2.75) is 31.9 Å². The average Bonchev–Trinajstić information content (AvgIpc) is 3.02. The van der Waals surface area contributed by atoms with Crippen molar-refractivity contribution < 1.29 is 13.6 Å². The number of thiazole rings is 1. The quantitative estimate of drug-likeness (QED) is 0.638. The molecule has 142 valence electrons. The minimum Gasteiger partial charge on any atom is -0.366 e. The van der Waals surface area contributed by atoms with Crippen LogP contribution in [0.3, 0.4) is 0 Å². The van der Waals surface area contributed by atoms with E-state index in [-0.39, 0.29) is 18.7 Å². The van der Waals surface area contributed by atoms with Crippen molar-refractivity contribution in [2.75, 3.05) is 11.9 Å². The van der Waals surface area contributed by atoms with E-state index in [2.05, 4.69) is 15.3 Å². The molecule has 0 radical (unpaired) electrons. The van der Waals surface area contributed by atoms with Gasteiger partial charge in [0.05, 0.1) is 27.6 Å². The highest BCUT2D eigenvalue weighted by atomic mass is 32.1. The summed E-state index contributed by atoms with van der Waals surface area (Å²) < 4.78 is 28.8. The van der Waals surface area contributed by atoms with E-state index in [0.29, 0.717) is 20.9 Å². The Bertz CT molecular complexity index is 975. The summed E-state index contributed by atoms with van der Waals surface area (Å²) in [6, 6.07) is 7.96. The molecule has 2 heterocycles. The van der Waals surface area contributed by atoms with Crippen molar-refractivity contribution in [3.05, 3.63) is 53.6 Å². The van der Waals surface area contributed by atoms with Crippen molar-refractivity contribution in [3.8, 4) is 0 Å². The largest absolute Gasteiger partial charge is 0.366 e. The van der Waals surface area contributed by atoms with Crippen molar-refractivity contribution in [1.82, 2.24) is 9.97 Å². The number of hydrogen-bond donors (Lipinski definition) is 2. The predicted molar refractivity (Wildman–Crippen MR) is 103 cm³/mol. The van der Waals surface area contributed by atoms with Crippen LogP contribution in [0.5, 0.6) is 0 Å². The summed E-state index contributed by atoms with van der Waals surface area (Å²) in [5.41, 5.74) is 5.78. The third kappa shape index (κ3) is 4.05. The van der Waals surface area contributed by atoms with Crippen LogP contribution in [0.1, 0.15) is 36.3 Å². The first-order chi connectivity index (χ1) is 12.8. The molecule has 0 fully saturated rings. The highest BCUT2D eigenvalue weighted by Gasteiger charge is 2.33. The van der Waals surface area contributed by atoms with Crippen molar-refractivity contribution in [1.29, 1.82) is 0 Å². The molecule has 2 atom stereocenters. The number of fused-ring (bicyclic) bond motifs is 1. The fraction of sp³-hybridized carbons (Fsp3) is 0.316. The number of pyridine rings is 1. The van der Waals surface area contributed by atoms with Gasteiger partial charge in [-0.2, -0.15) is 0 Å². The summed E-state index contributed by atoms with van der Waals surface area (Å²) in [5, 5.41) is 3.70. The SMILES string of the molecule is C[C@H](F)C[C@@](C)(CNc1nc2cccc(C(N)=O)c2s1)c1ncccc1F. The monoisotopic (exact) mass is 390 g/mol. The van der Waals surface area contributed by atoms with E-state index < -0.39 is 23.3 Å². The molecule has 1 amide bonds. The van der Waals surface area contributed by atoms with Gasteiger partial charge < -0.3 is 11.1 Å². The lowest BCUT2D eigenvalue weighted by Crippen LogP contribution is -2.35. The van der Waals surface area contributed by atoms with E-state index in [1.165, 1.54) is 36.6 Å². The number of carbonyl (C=O) groups is 1. The third-order valence-electron chi connectivity index (χ3n) is 4.37. The lowest BCUT2D eigenvalue weighted by molar-refractivity contribution is 0.100. The minimum atomic E-state index is -1.13. The number of rotatable bonds is 7. The molecule has 0 bridgehead atoms. The minimum absolute atomic E-state index is 0.103. The van der Waals surface area contributed by atoms with Gasteiger partial charge in [-0.25, -0.2) is 13.8 Å². The zero-order valence-corrected chi connectivity index (χ0v) is 15.8. The molecule has 3 rings (SSSR count). The normalized spacial score (nSPS) is 14.7. The molecule has 0 saturated heterocycles. The summed E-state index contributed by atoms with van der Waals surface area (Å²) in [4.78, 5) is 20.2. The number of anilines is 1. The molecule has 3 aromatic rings. The van der Waals surface area contributed by atoms with E-state index in [9.17, 15) is 13.6 Å². The van der Waals surface area contributed by atoms with E-state index in [4.69, 9.17) is 5.73 Å². The Labute approximate surface area is 159 Å². The molecule has 2 aromatic heterocycles. The highest BCUT2D eigenvalue weighted by molar-refractivity contribution is 7.22. The second-order valence-electron chi connectivity index (χ2n) is 6.77. The molecule has 0 aliphatic carbocycles. The molecule has 0 aliphatic heterocycles. The van der Waals surface area contributed by atoms with Crippen LogP contribution in [0.25, 0.3) is 10.2 Å². The molecular weight excluding hydrogens is 370 g/mol. The molecule has 1 aromatic carbocycles. The lowest BCUT2D eigenvalue weighted by atomic mass is 9.81. The molecule has 0 spiro atoms. The molecule has 27 heavy (non-hydrogen) atoms. The number of nitrogens with one attached hydrogen (secondary N) is 1. The number of hydrogen-bond acceptors (Lipinski definition) is 5. The number of alkyl halides is 1. The summed E-state index contributed by atoms with van der Waals surface area (Å²) >= 11 is 1.28. The van der Waals surface area contributed by atoms with E-state index in [1.807, 2.05) is 0 Å². The van der Waals surface area contributed by atoms with Crippen LogP contribution in [-0.2, 0) is 5.41 Å². The Morgan fingerprint density at radius 2 is 2.15 bits per heavy atom. The highest BCUT2D eigenvalue weighted by Crippen LogP contribution is 2.33. The predicted octanol–water partition coefficient (Wildman–Crippen LogP) is 4.05. The van der Waals surface area contributed by atoms with Gasteiger partial charge in [-0.3, -0.25) is 9.78 Å².